The van der Waals surface area contributed by atoms with Crippen molar-refractivity contribution < 1.29 is 13.2 Å². The monoisotopic (exact) mass is 243 g/mol. The van der Waals surface area contributed by atoms with Crippen LogP contribution in [0, 0.1) is 0 Å². The third-order valence-corrected chi connectivity index (χ3v) is 3.96. The minimum absolute atomic E-state index is 0.0880. The number of hydrogen-bond donors (Lipinski definition) is 1. The van der Waals surface area contributed by atoms with Gasteiger partial charge in [0.1, 0.15) is 10.6 Å². The molecule has 90 valence electrons. The zero-order chi connectivity index (χ0) is 12.2. The zero-order valence-electron chi connectivity index (χ0n) is 9.73. The van der Waals surface area contributed by atoms with Gasteiger partial charge in [0, 0.05) is 6.04 Å². The van der Waals surface area contributed by atoms with Gasteiger partial charge in [0.2, 0.25) is 10.0 Å². The maximum absolute atomic E-state index is 12.0. The van der Waals surface area contributed by atoms with Crippen LogP contribution in [0.2, 0.25) is 0 Å². The first-order valence-corrected chi connectivity index (χ1v) is 6.65. The predicted octanol–water partition coefficient (Wildman–Crippen LogP) is 1.77. The highest BCUT2D eigenvalue weighted by molar-refractivity contribution is 7.89. The second-order valence-corrected chi connectivity index (χ2v) is 5.26. The van der Waals surface area contributed by atoms with E-state index < -0.39 is 10.0 Å². The number of benzene rings is 1. The van der Waals surface area contributed by atoms with E-state index in [1.807, 2.05) is 13.8 Å². The van der Waals surface area contributed by atoms with Crippen LogP contribution in [0.1, 0.15) is 20.3 Å². The zero-order valence-corrected chi connectivity index (χ0v) is 10.5. The lowest BCUT2D eigenvalue weighted by molar-refractivity contribution is 0.402. The molecule has 0 bridgehead atoms. The Balaban J connectivity index is 3.07. The van der Waals surface area contributed by atoms with Crippen LogP contribution < -0.4 is 9.46 Å². The average Bonchev–Trinajstić information content (AvgIpc) is 2.28. The smallest absolute Gasteiger partial charge is 0.244 e. The molecule has 0 amide bonds. The maximum Gasteiger partial charge on any atom is 0.244 e. The molecule has 4 nitrogen and oxygen atoms in total. The molecule has 5 heteroatoms. The van der Waals surface area contributed by atoms with Gasteiger partial charge in [-0.2, -0.15) is 0 Å². The van der Waals surface area contributed by atoms with Crippen LogP contribution in [-0.2, 0) is 10.0 Å². The lowest BCUT2D eigenvalue weighted by Gasteiger charge is -2.14. The molecule has 0 aromatic heterocycles. The van der Waals surface area contributed by atoms with Gasteiger partial charge in [0.15, 0.2) is 0 Å². The Bertz CT molecular complexity index is 442. The molecule has 0 unspecified atom stereocenters. The first-order valence-electron chi connectivity index (χ1n) is 5.16. The van der Waals surface area contributed by atoms with E-state index in [4.69, 9.17) is 4.74 Å². The topological polar surface area (TPSA) is 55.4 Å². The Kier molecular flexibility index (Phi) is 4.32. The average molecular weight is 243 g/mol. The van der Waals surface area contributed by atoms with Crippen molar-refractivity contribution in [2.24, 2.45) is 0 Å². The molecule has 1 aromatic carbocycles. The molecular formula is C11H17NO3S. The molecule has 1 rings (SSSR count). The molecule has 1 aromatic rings. The lowest BCUT2D eigenvalue weighted by Crippen LogP contribution is -2.32. The molecule has 0 saturated heterocycles. The number of rotatable bonds is 5. The van der Waals surface area contributed by atoms with Gasteiger partial charge in [-0.25, -0.2) is 13.1 Å². The van der Waals surface area contributed by atoms with Crippen molar-refractivity contribution in [2.75, 3.05) is 7.11 Å². The number of ether oxygens (including phenoxy) is 1. The van der Waals surface area contributed by atoms with Crippen molar-refractivity contribution in [1.29, 1.82) is 0 Å². The van der Waals surface area contributed by atoms with Crippen LogP contribution >= 0.6 is 0 Å². The fourth-order valence-corrected chi connectivity index (χ4v) is 2.75. The number of sulfonamides is 1. The van der Waals surface area contributed by atoms with Crippen LogP contribution in [0.3, 0.4) is 0 Å². The summed E-state index contributed by atoms with van der Waals surface area (Å²) in [5.74, 6) is 0.360. The summed E-state index contributed by atoms with van der Waals surface area (Å²) in [6, 6.07) is 6.48. The van der Waals surface area contributed by atoms with Crippen molar-refractivity contribution in [3.8, 4) is 5.75 Å². The number of para-hydroxylation sites is 1. The fraction of sp³-hybridized carbons (Fsp3) is 0.455. The summed E-state index contributed by atoms with van der Waals surface area (Å²) in [5, 5.41) is 0. The molecule has 0 aliphatic rings. The number of methoxy groups -OCH3 is 1. The highest BCUT2D eigenvalue weighted by Gasteiger charge is 2.20. The van der Waals surface area contributed by atoms with Crippen LogP contribution in [0.25, 0.3) is 0 Å². The number of hydrogen-bond acceptors (Lipinski definition) is 3. The highest BCUT2D eigenvalue weighted by atomic mass is 32.2. The second kappa shape index (κ2) is 5.32. The Morgan fingerprint density at radius 1 is 1.38 bits per heavy atom. The fourth-order valence-electron chi connectivity index (χ4n) is 1.25. The molecular weight excluding hydrogens is 226 g/mol. The van der Waals surface area contributed by atoms with Crippen LogP contribution in [0.4, 0.5) is 0 Å². The Labute approximate surface area is 96.7 Å². The summed E-state index contributed by atoms with van der Waals surface area (Å²) in [4.78, 5) is 0.179. The molecule has 0 spiro atoms. The third kappa shape index (κ3) is 2.96. The summed E-state index contributed by atoms with van der Waals surface area (Å²) >= 11 is 0. The van der Waals surface area contributed by atoms with Gasteiger partial charge in [0.05, 0.1) is 7.11 Å². The first-order chi connectivity index (χ1) is 7.51. The van der Waals surface area contributed by atoms with E-state index in [0.717, 1.165) is 6.42 Å². The van der Waals surface area contributed by atoms with Crippen molar-refractivity contribution in [1.82, 2.24) is 4.72 Å². The van der Waals surface area contributed by atoms with Crippen molar-refractivity contribution in [3.63, 3.8) is 0 Å². The van der Waals surface area contributed by atoms with Crippen LogP contribution in [-0.4, -0.2) is 21.6 Å². The number of nitrogens with one attached hydrogen (secondary N) is 1. The van der Waals surface area contributed by atoms with E-state index >= 15 is 0 Å². The van der Waals surface area contributed by atoms with Gasteiger partial charge in [-0.1, -0.05) is 19.1 Å². The normalized spacial score (nSPS) is 13.4. The second-order valence-electron chi connectivity index (χ2n) is 3.58. The first kappa shape index (κ1) is 13.0. The van der Waals surface area contributed by atoms with E-state index in [9.17, 15) is 8.42 Å². The molecule has 1 atom stereocenters. The van der Waals surface area contributed by atoms with Gasteiger partial charge in [0.25, 0.3) is 0 Å². The van der Waals surface area contributed by atoms with Gasteiger partial charge in [-0.3, -0.25) is 0 Å². The SMILES string of the molecule is CC[C@@H](C)NS(=O)(=O)c1ccccc1OC. The van der Waals surface area contributed by atoms with Gasteiger partial charge < -0.3 is 4.74 Å². The Morgan fingerprint density at radius 2 is 2.00 bits per heavy atom. The standard InChI is InChI=1S/C11H17NO3S/c1-4-9(2)12-16(13,14)11-8-6-5-7-10(11)15-3/h5-9,12H,4H2,1-3H3/t9-/m1/s1. The van der Waals surface area contributed by atoms with E-state index in [1.165, 1.54) is 13.2 Å². The molecule has 16 heavy (non-hydrogen) atoms. The van der Waals surface area contributed by atoms with Crippen molar-refractivity contribution in [3.05, 3.63) is 24.3 Å². The molecule has 0 saturated carbocycles. The van der Waals surface area contributed by atoms with E-state index in [1.54, 1.807) is 18.2 Å². The minimum atomic E-state index is -3.49. The molecule has 0 radical (unpaired) electrons. The van der Waals surface area contributed by atoms with Crippen LogP contribution in [0.5, 0.6) is 5.75 Å². The van der Waals surface area contributed by atoms with Gasteiger partial charge in [-0.15, -0.1) is 0 Å². The summed E-state index contributed by atoms with van der Waals surface area (Å²) in [6.07, 6.45) is 0.744. The maximum atomic E-state index is 12.0. The van der Waals surface area contributed by atoms with E-state index in [2.05, 4.69) is 4.72 Å². The van der Waals surface area contributed by atoms with Gasteiger partial charge >= 0.3 is 0 Å². The molecule has 0 aliphatic carbocycles. The summed E-state index contributed by atoms with van der Waals surface area (Å²) in [6.45, 7) is 3.75. The summed E-state index contributed by atoms with van der Waals surface area (Å²) in [7, 11) is -2.03. The summed E-state index contributed by atoms with van der Waals surface area (Å²) in [5.41, 5.74) is 0. The largest absolute Gasteiger partial charge is 0.495 e. The quantitative estimate of drug-likeness (QED) is 0.857. The molecule has 0 aliphatic heterocycles. The van der Waals surface area contributed by atoms with Crippen LogP contribution in [0.15, 0.2) is 29.2 Å². The van der Waals surface area contributed by atoms with Crippen molar-refractivity contribution >= 4 is 10.0 Å². The highest BCUT2D eigenvalue weighted by Crippen LogP contribution is 2.22. The molecule has 1 N–H and O–H groups in total. The third-order valence-electron chi connectivity index (χ3n) is 2.33. The Morgan fingerprint density at radius 3 is 2.56 bits per heavy atom. The molecule has 0 heterocycles. The predicted molar refractivity (Wildman–Crippen MR) is 63.1 cm³/mol. The lowest BCUT2D eigenvalue weighted by atomic mass is 10.3. The Hall–Kier alpha value is -1.07. The van der Waals surface area contributed by atoms with E-state index in [0.29, 0.717) is 5.75 Å². The summed E-state index contributed by atoms with van der Waals surface area (Å²) < 4.78 is 31.6. The van der Waals surface area contributed by atoms with Crippen molar-refractivity contribution in [2.45, 2.75) is 31.2 Å². The van der Waals surface area contributed by atoms with E-state index in [-0.39, 0.29) is 10.9 Å². The minimum Gasteiger partial charge on any atom is -0.495 e. The molecule has 0 fully saturated rings. The van der Waals surface area contributed by atoms with Gasteiger partial charge in [-0.05, 0) is 25.5 Å².